The van der Waals surface area contributed by atoms with Gasteiger partial charge in [-0.05, 0) is 24.5 Å². The second kappa shape index (κ2) is 7.01. The zero-order valence-corrected chi connectivity index (χ0v) is 12.3. The lowest BCUT2D eigenvalue weighted by atomic mass is 10.1. The lowest BCUT2D eigenvalue weighted by Crippen LogP contribution is -2.29. The van der Waals surface area contributed by atoms with Crippen molar-refractivity contribution in [2.24, 2.45) is 5.92 Å². The highest BCUT2D eigenvalue weighted by Gasteiger charge is 2.21. The maximum absolute atomic E-state index is 13.6. The van der Waals surface area contributed by atoms with E-state index in [1.165, 1.54) is 12.1 Å². The van der Waals surface area contributed by atoms with Crippen molar-refractivity contribution in [3.63, 3.8) is 0 Å². The third-order valence-electron chi connectivity index (χ3n) is 2.68. The molecule has 0 spiro atoms. The van der Waals surface area contributed by atoms with Crippen LogP contribution < -0.4 is 4.72 Å². The van der Waals surface area contributed by atoms with Crippen molar-refractivity contribution >= 4 is 27.6 Å². The molecule has 0 radical (unpaired) electrons. The highest BCUT2D eigenvalue weighted by atomic mass is 35.5. The molecule has 0 aromatic heterocycles. The van der Waals surface area contributed by atoms with Crippen molar-refractivity contribution in [1.29, 1.82) is 0 Å². The van der Waals surface area contributed by atoms with Crippen LogP contribution in [0.25, 0.3) is 0 Å². The average molecular weight is 324 g/mol. The fourth-order valence-electron chi connectivity index (χ4n) is 1.49. The fourth-order valence-corrected chi connectivity index (χ4v) is 2.99. The number of sulfonamides is 1. The first-order valence-electron chi connectivity index (χ1n) is 5.89. The number of hydrogen-bond acceptors (Lipinski definition) is 3. The summed E-state index contributed by atoms with van der Waals surface area (Å²) in [6.45, 7) is 1.74. The first-order chi connectivity index (χ1) is 9.24. The van der Waals surface area contributed by atoms with Gasteiger partial charge in [0.15, 0.2) is 5.82 Å². The minimum absolute atomic E-state index is 0.0293. The minimum atomic E-state index is -4.00. The normalized spacial score (nSPS) is 13.2. The summed E-state index contributed by atoms with van der Waals surface area (Å²) in [6, 6.07) is 3.71. The first-order valence-corrected chi connectivity index (χ1v) is 7.75. The van der Waals surface area contributed by atoms with E-state index in [0.29, 0.717) is 6.42 Å². The molecule has 8 heteroatoms. The third kappa shape index (κ3) is 4.73. The maximum atomic E-state index is 13.6. The van der Waals surface area contributed by atoms with Gasteiger partial charge in [-0.3, -0.25) is 4.79 Å². The van der Waals surface area contributed by atoms with Gasteiger partial charge in [0, 0.05) is 13.0 Å². The molecule has 0 aliphatic rings. The van der Waals surface area contributed by atoms with E-state index in [0.717, 1.165) is 6.07 Å². The molecule has 20 heavy (non-hydrogen) atoms. The van der Waals surface area contributed by atoms with E-state index < -0.39 is 26.7 Å². The summed E-state index contributed by atoms with van der Waals surface area (Å²) in [7, 11) is -4.00. The van der Waals surface area contributed by atoms with Gasteiger partial charge in [-0.15, -0.1) is 0 Å². The molecule has 1 aromatic carbocycles. The summed E-state index contributed by atoms with van der Waals surface area (Å²) >= 11 is 5.53. The van der Waals surface area contributed by atoms with Gasteiger partial charge in [-0.1, -0.05) is 24.6 Å². The van der Waals surface area contributed by atoms with Crippen LogP contribution in [0.2, 0.25) is 5.02 Å². The highest BCUT2D eigenvalue weighted by molar-refractivity contribution is 7.89. The van der Waals surface area contributed by atoms with Crippen LogP contribution in [0.15, 0.2) is 23.1 Å². The van der Waals surface area contributed by atoms with Crippen LogP contribution in [0.1, 0.15) is 19.8 Å². The number of aliphatic carboxylic acids is 1. The average Bonchev–Trinajstić information content (AvgIpc) is 2.37. The molecule has 0 heterocycles. The van der Waals surface area contributed by atoms with Crippen molar-refractivity contribution in [3.8, 4) is 0 Å². The van der Waals surface area contributed by atoms with Crippen LogP contribution in [0.5, 0.6) is 0 Å². The maximum Gasteiger partial charge on any atom is 0.303 e. The van der Waals surface area contributed by atoms with E-state index in [1.54, 1.807) is 6.92 Å². The summed E-state index contributed by atoms with van der Waals surface area (Å²) in [5, 5.41) is 8.26. The van der Waals surface area contributed by atoms with Gasteiger partial charge in [-0.25, -0.2) is 17.5 Å². The number of rotatable bonds is 7. The molecule has 0 saturated heterocycles. The molecule has 2 N–H and O–H groups in total. The second-order valence-electron chi connectivity index (χ2n) is 4.44. The Labute approximate surface area is 121 Å². The number of benzene rings is 1. The van der Waals surface area contributed by atoms with Crippen molar-refractivity contribution in [2.75, 3.05) is 6.54 Å². The lowest BCUT2D eigenvalue weighted by molar-refractivity contribution is -0.137. The van der Waals surface area contributed by atoms with Gasteiger partial charge in [0.2, 0.25) is 10.0 Å². The molecule has 0 fully saturated rings. The smallest absolute Gasteiger partial charge is 0.303 e. The van der Waals surface area contributed by atoms with Gasteiger partial charge >= 0.3 is 5.97 Å². The van der Waals surface area contributed by atoms with Crippen LogP contribution in [0.3, 0.4) is 0 Å². The Kier molecular flexibility index (Phi) is 5.91. The molecule has 1 atom stereocenters. The van der Waals surface area contributed by atoms with Crippen molar-refractivity contribution < 1.29 is 22.7 Å². The highest BCUT2D eigenvalue weighted by Crippen LogP contribution is 2.21. The van der Waals surface area contributed by atoms with Crippen LogP contribution in [0, 0.1) is 11.7 Å². The van der Waals surface area contributed by atoms with Gasteiger partial charge in [-0.2, -0.15) is 0 Å². The molecule has 1 unspecified atom stereocenters. The van der Waals surface area contributed by atoms with Crippen molar-refractivity contribution in [1.82, 2.24) is 4.72 Å². The molecule has 1 rings (SSSR count). The SMILES string of the molecule is CC(CCC(=O)O)CNS(=O)(=O)c1cccc(Cl)c1F. The molecule has 1 aromatic rings. The largest absolute Gasteiger partial charge is 0.481 e. The number of nitrogens with one attached hydrogen (secondary N) is 1. The molecule has 112 valence electrons. The predicted molar refractivity (Wildman–Crippen MR) is 72.6 cm³/mol. The summed E-state index contributed by atoms with van der Waals surface area (Å²) in [5.74, 6) is -2.12. The van der Waals surface area contributed by atoms with Gasteiger partial charge in [0.1, 0.15) is 4.90 Å². The number of carboxylic acid groups (broad SMARTS) is 1. The number of carbonyl (C=O) groups is 1. The molecular weight excluding hydrogens is 309 g/mol. The Morgan fingerprint density at radius 3 is 2.75 bits per heavy atom. The molecule has 5 nitrogen and oxygen atoms in total. The quantitative estimate of drug-likeness (QED) is 0.806. The monoisotopic (exact) mass is 323 g/mol. The van der Waals surface area contributed by atoms with Crippen LogP contribution in [0.4, 0.5) is 4.39 Å². The molecule has 0 saturated carbocycles. The van der Waals surface area contributed by atoms with Gasteiger partial charge in [0.05, 0.1) is 5.02 Å². The molecule has 0 aliphatic heterocycles. The van der Waals surface area contributed by atoms with Gasteiger partial charge in [0.25, 0.3) is 0 Å². The van der Waals surface area contributed by atoms with E-state index in [4.69, 9.17) is 16.7 Å². The Balaban J connectivity index is 2.71. The first kappa shape index (κ1) is 16.9. The lowest BCUT2D eigenvalue weighted by Gasteiger charge is -2.12. The van der Waals surface area contributed by atoms with E-state index in [-0.39, 0.29) is 23.9 Å². The summed E-state index contributed by atoms with van der Waals surface area (Å²) in [4.78, 5) is 9.89. The van der Waals surface area contributed by atoms with Crippen LogP contribution in [-0.2, 0) is 14.8 Å². The number of carboxylic acids is 1. The molecule has 0 bridgehead atoms. The van der Waals surface area contributed by atoms with E-state index in [2.05, 4.69) is 4.72 Å². The third-order valence-corrected chi connectivity index (χ3v) is 4.41. The fraction of sp³-hybridized carbons (Fsp3) is 0.417. The van der Waals surface area contributed by atoms with Crippen LogP contribution >= 0.6 is 11.6 Å². The predicted octanol–water partition coefficient (Wildman–Crippen LogP) is 2.26. The van der Waals surface area contributed by atoms with E-state index >= 15 is 0 Å². The van der Waals surface area contributed by atoms with Gasteiger partial charge < -0.3 is 5.11 Å². The van der Waals surface area contributed by atoms with Crippen molar-refractivity contribution in [2.45, 2.75) is 24.7 Å². The summed E-state index contributed by atoms with van der Waals surface area (Å²) in [5.41, 5.74) is 0. The standard InChI is InChI=1S/C12H15ClFNO4S/c1-8(5-6-11(16)17)7-15-20(18,19)10-4-2-3-9(13)12(10)14/h2-4,8,15H,5-7H2,1H3,(H,16,17). The minimum Gasteiger partial charge on any atom is -0.481 e. The Bertz CT molecular complexity index is 591. The number of hydrogen-bond donors (Lipinski definition) is 2. The van der Waals surface area contributed by atoms with Crippen LogP contribution in [-0.4, -0.2) is 26.0 Å². The summed E-state index contributed by atoms with van der Waals surface area (Å²) in [6.07, 6.45) is 0.282. The zero-order valence-electron chi connectivity index (χ0n) is 10.8. The molecular formula is C12H15ClFNO4S. The molecule has 0 amide bonds. The van der Waals surface area contributed by atoms with Crippen molar-refractivity contribution in [3.05, 3.63) is 29.0 Å². The number of halogens is 2. The Morgan fingerprint density at radius 1 is 1.50 bits per heavy atom. The Hall–Kier alpha value is -1.18. The zero-order chi connectivity index (χ0) is 15.3. The second-order valence-corrected chi connectivity index (χ2v) is 6.58. The molecule has 0 aliphatic carbocycles. The van der Waals surface area contributed by atoms with E-state index in [9.17, 15) is 17.6 Å². The summed E-state index contributed by atoms with van der Waals surface area (Å²) < 4.78 is 39.7. The Morgan fingerprint density at radius 2 is 2.15 bits per heavy atom. The topological polar surface area (TPSA) is 83.5 Å². The van der Waals surface area contributed by atoms with E-state index in [1.807, 2.05) is 0 Å².